The SMILES string of the molecule is CCN(CC)Cc1ccc(N=C(c2ccc3c(c2)OCCO3)C2C(=O)Nc3cc([N+](=O)[O-])ccc32)cc1. The number of anilines is 1. The molecule has 2 heterocycles. The first-order chi connectivity index (χ1) is 18.0. The summed E-state index contributed by atoms with van der Waals surface area (Å²) in [4.78, 5) is 31.3. The predicted molar refractivity (Wildman–Crippen MR) is 141 cm³/mol. The third-order valence-electron chi connectivity index (χ3n) is 6.68. The van der Waals surface area contributed by atoms with Crippen LogP contribution in [0.25, 0.3) is 0 Å². The highest BCUT2D eigenvalue weighted by molar-refractivity contribution is 6.24. The first-order valence-electron chi connectivity index (χ1n) is 12.4. The van der Waals surface area contributed by atoms with Crippen molar-refractivity contribution in [2.75, 3.05) is 31.6 Å². The summed E-state index contributed by atoms with van der Waals surface area (Å²) in [6.45, 7) is 7.99. The maximum atomic E-state index is 13.2. The lowest BCUT2D eigenvalue weighted by atomic mass is 9.90. The lowest BCUT2D eigenvalue weighted by molar-refractivity contribution is -0.384. The van der Waals surface area contributed by atoms with E-state index in [1.165, 1.54) is 17.7 Å². The molecule has 190 valence electrons. The summed E-state index contributed by atoms with van der Waals surface area (Å²) in [7, 11) is 0. The minimum Gasteiger partial charge on any atom is -0.486 e. The lowest BCUT2D eigenvalue weighted by Gasteiger charge is -2.20. The fourth-order valence-corrected chi connectivity index (χ4v) is 4.65. The number of nitrogens with zero attached hydrogens (tertiary/aromatic N) is 3. The standard InChI is InChI=1S/C28H28N4O5/c1-3-31(4-2)17-18-5-8-20(9-6-18)29-27(19-7-12-24-25(15-19)37-14-13-36-24)26-22-11-10-21(32(34)35)16-23(22)30-28(26)33/h5-12,15-16,26H,3-4,13-14,17H2,1-2H3,(H,30,33). The van der Waals surface area contributed by atoms with E-state index in [0.29, 0.717) is 52.9 Å². The topological polar surface area (TPSA) is 106 Å². The molecule has 0 bridgehead atoms. The van der Waals surface area contributed by atoms with Crippen LogP contribution in [-0.4, -0.2) is 47.7 Å². The summed E-state index contributed by atoms with van der Waals surface area (Å²) in [6, 6.07) is 17.9. The van der Waals surface area contributed by atoms with Gasteiger partial charge in [-0.3, -0.25) is 24.8 Å². The van der Waals surface area contributed by atoms with Gasteiger partial charge in [-0.15, -0.1) is 0 Å². The summed E-state index contributed by atoms with van der Waals surface area (Å²) >= 11 is 0. The maximum Gasteiger partial charge on any atom is 0.271 e. The Balaban J connectivity index is 1.57. The quantitative estimate of drug-likeness (QED) is 0.263. The highest BCUT2D eigenvalue weighted by atomic mass is 16.6. The summed E-state index contributed by atoms with van der Waals surface area (Å²) in [5, 5.41) is 14.1. The van der Waals surface area contributed by atoms with Crippen molar-refractivity contribution >= 4 is 28.7 Å². The average molecular weight is 501 g/mol. The number of rotatable bonds is 8. The van der Waals surface area contributed by atoms with Gasteiger partial charge in [-0.05, 0) is 60.6 Å². The number of benzene rings is 3. The second kappa shape index (κ2) is 10.4. The Morgan fingerprint density at radius 3 is 2.46 bits per heavy atom. The lowest BCUT2D eigenvalue weighted by Crippen LogP contribution is -2.22. The molecule has 0 radical (unpaired) electrons. The van der Waals surface area contributed by atoms with Crippen molar-refractivity contribution in [3.8, 4) is 11.5 Å². The number of amides is 1. The third kappa shape index (κ3) is 5.03. The van der Waals surface area contributed by atoms with Crippen LogP contribution in [-0.2, 0) is 11.3 Å². The van der Waals surface area contributed by atoms with Gasteiger partial charge < -0.3 is 14.8 Å². The molecule has 3 aromatic rings. The monoisotopic (exact) mass is 500 g/mol. The smallest absolute Gasteiger partial charge is 0.271 e. The number of carbonyl (C=O) groups is 1. The molecule has 2 aliphatic heterocycles. The second-order valence-corrected chi connectivity index (χ2v) is 8.93. The van der Waals surface area contributed by atoms with Gasteiger partial charge in [0.2, 0.25) is 5.91 Å². The second-order valence-electron chi connectivity index (χ2n) is 8.93. The van der Waals surface area contributed by atoms with Gasteiger partial charge in [-0.2, -0.15) is 0 Å². The fraction of sp³-hybridized carbons (Fsp3) is 0.286. The van der Waals surface area contributed by atoms with Gasteiger partial charge in [0.05, 0.1) is 22.0 Å². The summed E-state index contributed by atoms with van der Waals surface area (Å²) in [5.74, 6) is 0.200. The van der Waals surface area contributed by atoms with Gasteiger partial charge in [0.15, 0.2) is 11.5 Å². The molecular weight excluding hydrogens is 472 g/mol. The van der Waals surface area contributed by atoms with E-state index in [4.69, 9.17) is 14.5 Å². The zero-order chi connectivity index (χ0) is 25.9. The zero-order valence-electron chi connectivity index (χ0n) is 20.8. The molecule has 0 aliphatic carbocycles. The largest absolute Gasteiger partial charge is 0.486 e. The van der Waals surface area contributed by atoms with Crippen molar-refractivity contribution in [1.82, 2.24) is 4.90 Å². The van der Waals surface area contributed by atoms with Gasteiger partial charge in [-0.25, -0.2) is 0 Å². The third-order valence-corrected chi connectivity index (χ3v) is 6.68. The Labute approximate surface area is 214 Å². The van der Waals surface area contributed by atoms with Gasteiger partial charge in [0.25, 0.3) is 5.69 Å². The van der Waals surface area contributed by atoms with E-state index < -0.39 is 10.8 Å². The number of nitrogens with one attached hydrogen (secondary N) is 1. The molecule has 1 unspecified atom stereocenters. The fourth-order valence-electron chi connectivity index (χ4n) is 4.65. The molecule has 0 fully saturated rings. The summed E-state index contributed by atoms with van der Waals surface area (Å²) < 4.78 is 11.4. The van der Waals surface area contributed by atoms with E-state index in [-0.39, 0.29) is 11.6 Å². The highest BCUT2D eigenvalue weighted by Gasteiger charge is 2.37. The Morgan fingerprint density at radius 1 is 1.03 bits per heavy atom. The molecule has 37 heavy (non-hydrogen) atoms. The van der Waals surface area contributed by atoms with Crippen molar-refractivity contribution in [2.24, 2.45) is 4.99 Å². The van der Waals surface area contributed by atoms with Crippen LogP contribution in [0.5, 0.6) is 11.5 Å². The van der Waals surface area contributed by atoms with Crippen LogP contribution in [0.1, 0.15) is 36.5 Å². The van der Waals surface area contributed by atoms with Crippen molar-refractivity contribution in [3.63, 3.8) is 0 Å². The summed E-state index contributed by atoms with van der Waals surface area (Å²) in [5.41, 5.74) is 4.10. The Kier molecular flexibility index (Phi) is 6.87. The first kappa shape index (κ1) is 24.5. The van der Waals surface area contributed by atoms with Crippen LogP contribution in [0.4, 0.5) is 17.1 Å². The molecule has 1 atom stereocenters. The van der Waals surface area contributed by atoms with Gasteiger partial charge in [-0.1, -0.05) is 26.0 Å². The molecule has 0 saturated carbocycles. The van der Waals surface area contributed by atoms with Crippen molar-refractivity contribution in [2.45, 2.75) is 26.3 Å². The minimum absolute atomic E-state index is 0.0821. The molecule has 9 nitrogen and oxygen atoms in total. The van der Waals surface area contributed by atoms with Crippen LogP contribution in [0.3, 0.4) is 0 Å². The summed E-state index contributed by atoms with van der Waals surface area (Å²) in [6.07, 6.45) is 0. The number of hydrogen-bond acceptors (Lipinski definition) is 7. The average Bonchev–Trinajstić information content (AvgIpc) is 3.25. The van der Waals surface area contributed by atoms with E-state index in [2.05, 4.69) is 24.1 Å². The van der Waals surface area contributed by atoms with Crippen LogP contribution >= 0.6 is 0 Å². The number of carbonyl (C=O) groups excluding carboxylic acids is 1. The molecule has 1 N–H and O–H groups in total. The molecule has 2 aliphatic rings. The van der Waals surface area contributed by atoms with Crippen molar-refractivity contribution < 1.29 is 19.2 Å². The van der Waals surface area contributed by atoms with Gasteiger partial charge >= 0.3 is 0 Å². The molecule has 3 aromatic carbocycles. The van der Waals surface area contributed by atoms with Crippen molar-refractivity contribution in [1.29, 1.82) is 0 Å². The Bertz CT molecular complexity index is 1370. The number of non-ortho nitro benzene ring substituents is 1. The number of fused-ring (bicyclic) bond motifs is 2. The molecule has 9 heteroatoms. The molecular formula is C28H28N4O5. The van der Waals surface area contributed by atoms with Gasteiger partial charge in [0, 0.05) is 24.2 Å². The normalized spacial score (nSPS) is 16.5. The number of nitro groups is 1. The van der Waals surface area contributed by atoms with Crippen LogP contribution in [0.2, 0.25) is 0 Å². The zero-order valence-corrected chi connectivity index (χ0v) is 20.8. The van der Waals surface area contributed by atoms with E-state index in [0.717, 1.165) is 19.6 Å². The van der Waals surface area contributed by atoms with Gasteiger partial charge in [0.1, 0.15) is 19.1 Å². The number of hydrogen-bond donors (Lipinski definition) is 1. The first-order valence-corrected chi connectivity index (χ1v) is 12.4. The molecule has 0 spiro atoms. The number of ether oxygens (including phenoxy) is 2. The van der Waals surface area contributed by atoms with E-state index in [9.17, 15) is 14.9 Å². The van der Waals surface area contributed by atoms with E-state index in [1.807, 2.05) is 42.5 Å². The Morgan fingerprint density at radius 2 is 1.76 bits per heavy atom. The Hall–Kier alpha value is -4.24. The predicted octanol–water partition coefficient (Wildman–Crippen LogP) is 5.06. The van der Waals surface area contributed by atoms with E-state index >= 15 is 0 Å². The van der Waals surface area contributed by atoms with Crippen molar-refractivity contribution in [3.05, 3.63) is 87.5 Å². The molecule has 0 aromatic heterocycles. The number of nitro benzene ring substituents is 1. The van der Waals surface area contributed by atoms with Crippen LogP contribution < -0.4 is 14.8 Å². The molecule has 5 rings (SSSR count). The minimum atomic E-state index is -0.742. The maximum absolute atomic E-state index is 13.2. The number of aliphatic imine (C=N–C) groups is 1. The molecule has 1 amide bonds. The highest BCUT2D eigenvalue weighted by Crippen LogP contribution is 2.40. The van der Waals surface area contributed by atoms with Crippen LogP contribution in [0, 0.1) is 10.1 Å². The molecule has 0 saturated heterocycles. The van der Waals surface area contributed by atoms with E-state index in [1.54, 1.807) is 6.07 Å². The van der Waals surface area contributed by atoms with Crippen LogP contribution in [0.15, 0.2) is 65.7 Å².